The van der Waals surface area contributed by atoms with Gasteiger partial charge in [0.15, 0.2) is 0 Å². The number of hydrogen-bond acceptors (Lipinski definition) is 2. The van der Waals surface area contributed by atoms with Gasteiger partial charge in [-0.25, -0.2) is 0 Å². The van der Waals surface area contributed by atoms with Crippen LogP contribution >= 0.6 is 11.6 Å². The quantitative estimate of drug-likeness (QED) is 0.838. The minimum Gasteiger partial charge on any atom is -0.481 e. The molecule has 0 saturated heterocycles. The zero-order valence-electron chi connectivity index (χ0n) is 12.9. The van der Waals surface area contributed by atoms with Crippen molar-refractivity contribution in [3.05, 3.63) is 16.4 Å². The standard InChI is InChI=1S/C16H25ClN2O2/c1-3-13-15(17)14(19(4-2)18-13)10-11-8-6-5-7-9-12(11)16(20)21/h11-12H,3-10H2,1-2H3,(H,20,21). The molecule has 5 heteroatoms. The van der Waals surface area contributed by atoms with Gasteiger partial charge < -0.3 is 5.11 Å². The van der Waals surface area contributed by atoms with E-state index in [0.29, 0.717) is 0 Å². The first-order chi connectivity index (χ1) is 10.1. The second-order valence-corrected chi connectivity index (χ2v) is 6.30. The Morgan fingerprint density at radius 3 is 2.67 bits per heavy atom. The molecule has 1 aromatic rings. The summed E-state index contributed by atoms with van der Waals surface area (Å²) in [6, 6.07) is 0. The maximum absolute atomic E-state index is 11.6. The van der Waals surface area contributed by atoms with Crippen LogP contribution in [0.2, 0.25) is 5.02 Å². The van der Waals surface area contributed by atoms with Gasteiger partial charge in [-0.05, 0) is 38.5 Å². The van der Waals surface area contributed by atoms with Crippen LogP contribution in [0, 0.1) is 11.8 Å². The Morgan fingerprint density at radius 1 is 1.33 bits per heavy atom. The SMILES string of the molecule is CCc1nn(CC)c(CC2CCCCCC2C(=O)O)c1Cl. The number of carboxylic acids is 1. The third-order valence-corrected chi connectivity index (χ3v) is 5.06. The first kappa shape index (κ1) is 16.3. The number of aryl methyl sites for hydroxylation is 2. The molecule has 4 nitrogen and oxygen atoms in total. The van der Waals surface area contributed by atoms with Gasteiger partial charge in [-0.1, -0.05) is 37.8 Å². The van der Waals surface area contributed by atoms with E-state index in [1.165, 1.54) is 0 Å². The molecule has 1 fully saturated rings. The van der Waals surface area contributed by atoms with E-state index in [0.717, 1.165) is 67.9 Å². The molecule has 1 aliphatic carbocycles. The highest BCUT2D eigenvalue weighted by molar-refractivity contribution is 6.31. The molecular weight excluding hydrogens is 288 g/mol. The second-order valence-electron chi connectivity index (χ2n) is 5.92. The molecule has 0 aliphatic heterocycles. The van der Waals surface area contributed by atoms with Crippen molar-refractivity contribution in [3.8, 4) is 0 Å². The van der Waals surface area contributed by atoms with Crippen molar-refractivity contribution in [2.45, 2.75) is 65.3 Å². The molecule has 0 radical (unpaired) electrons. The molecule has 1 N–H and O–H groups in total. The Hall–Kier alpha value is -1.03. The van der Waals surface area contributed by atoms with Crippen LogP contribution in [0.1, 0.15) is 57.3 Å². The lowest BCUT2D eigenvalue weighted by atomic mass is 9.84. The molecule has 0 spiro atoms. The second kappa shape index (κ2) is 7.30. The van der Waals surface area contributed by atoms with Gasteiger partial charge in [-0.3, -0.25) is 9.48 Å². The van der Waals surface area contributed by atoms with E-state index >= 15 is 0 Å². The largest absolute Gasteiger partial charge is 0.481 e. The molecule has 0 amide bonds. The van der Waals surface area contributed by atoms with Crippen LogP contribution in [-0.4, -0.2) is 20.9 Å². The van der Waals surface area contributed by atoms with Gasteiger partial charge in [0, 0.05) is 6.54 Å². The number of hydrogen-bond donors (Lipinski definition) is 1. The summed E-state index contributed by atoms with van der Waals surface area (Å²) in [5.74, 6) is -0.723. The maximum atomic E-state index is 11.6. The highest BCUT2D eigenvalue weighted by Crippen LogP contribution is 2.34. The van der Waals surface area contributed by atoms with Crippen molar-refractivity contribution < 1.29 is 9.90 Å². The lowest BCUT2D eigenvalue weighted by Gasteiger charge is -2.22. The molecule has 1 saturated carbocycles. The summed E-state index contributed by atoms with van der Waals surface area (Å²) in [5, 5.41) is 14.8. The van der Waals surface area contributed by atoms with Gasteiger partial charge in [0.25, 0.3) is 0 Å². The van der Waals surface area contributed by atoms with Gasteiger partial charge in [0.2, 0.25) is 0 Å². The predicted molar refractivity (Wildman–Crippen MR) is 83.7 cm³/mol. The molecule has 0 bridgehead atoms. The van der Waals surface area contributed by atoms with E-state index in [4.69, 9.17) is 11.6 Å². The topological polar surface area (TPSA) is 55.1 Å². The summed E-state index contributed by atoms with van der Waals surface area (Å²) in [4.78, 5) is 11.6. The van der Waals surface area contributed by atoms with E-state index in [9.17, 15) is 9.90 Å². The average Bonchev–Trinajstić information content (AvgIpc) is 2.65. The molecule has 2 atom stereocenters. The summed E-state index contributed by atoms with van der Waals surface area (Å²) < 4.78 is 1.95. The number of nitrogens with zero attached hydrogens (tertiary/aromatic N) is 2. The van der Waals surface area contributed by atoms with Crippen molar-refractivity contribution in [2.75, 3.05) is 0 Å². The average molecular weight is 313 g/mol. The number of carbonyl (C=O) groups is 1. The molecule has 118 valence electrons. The fourth-order valence-electron chi connectivity index (χ4n) is 3.41. The number of aliphatic carboxylic acids is 1. The molecule has 1 aliphatic rings. The van der Waals surface area contributed by atoms with Crippen LogP contribution < -0.4 is 0 Å². The zero-order chi connectivity index (χ0) is 15.4. The van der Waals surface area contributed by atoms with Crippen molar-refractivity contribution in [3.63, 3.8) is 0 Å². The monoisotopic (exact) mass is 312 g/mol. The van der Waals surface area contributed by atoms with Gasteiger partial charge in [0.05, 0.1) is 22.3 Å². The van der Waals surface area contributed by atoms with E-state index in [-0.39, 0.29) is 11.8 Å². The number of carboxylic acid groups (broad SMARTS) is 1. The number of halogens is 1. The van der Waals surface area contributed by atoms with Gasteiger partial charge in [0.1, 0.15) is 0 Å². The molecule has 1 heterocycles. The van der Waals surface area contributed by atoms with Crippen molar-refractivity contribution in [1.29, 1.82) is 0 Å². The van der Waals surface area contributed by atoms with E-state index in [1.54, 1.807) is 0 Å². The Morgan fingerprint density at radius 2 is 2.05 bits per heavy atom. The van der Waals surface area contributed by atoms with Crippen LogP contribution in [0.25, 0.3) is 0 Å². The number of rotatable bonds is 5. The van der Waals surface area contributed by atoms with Crippen LogP contribution in [0.4, 0.5) is 0 Å². The van der Waals surface area contributed by atoms with Gasteiger partial charge in [-0.15, -0.1) is 0 Å². The van der Waals surface area contributed by atoms with E-state index in [1.807, 2.05) is 18.5 Å². The van der Waals surface area contributed by atoms with Crippen molar-refractivity contribution in [1.82, 2.24) is 9.78 Å². The molecule has 2 rings (SSSR count). The minimum absolute atomic E-state index is 0.175. The Labute approximate surface area is 131 Å². The smallest absolute Gasteiger partial charge is 0.306 e. The first-order valence-electron chi connectivity index (χ1n) is 8.05. The van der Waals surface area contributed by atoms with Gasteiger partial charge in [-0.2, -0.15) is 5.10 Å². The number of aromatic nitrogens is 2. The Kier molecular flexibility index (Phi) is 5.68. The fraction of sp³-hybridized carbons (Fsp3) is 0.750. The summed E-state index contributed by atoms with van der Waals surface area (Å²) in [5.41, 5.74) is 1.95. The lowest BCUT2D eigenvalue weighted by Crippen LogP contribution is -2.25. The van der Waals surface area contributed by atoms with Crippen LogP contribution in [0.5, 0.6) is 0 Å². The Balaban J connectivity index is 2.25. The van der Waals surface area contributed by atoms with Crippen LogP contribution in [0.3, 0.4) is 0 Å². The molecule has 21 heavy (non-hydrogen) atoms. The predicted octanol–water partition coefficient (Wildman–Crippen LogP) is 3.94. The summed E-state index contributed by atoms with van der Waals surface area (Å²) in [6.07, 6.45) is 6.59. The zero-order valence-corrected chi connectivity index (χ0v) is 13.7. The van der Waals surface area contributed by atoms with E-state index < -0.39 is 5.97 Å². The van der Waals surface area contributed by atoms with E-state index in [2.05, 4.69) is 5.10 Å². The summed E-state index contributed by atoms with van der Waals surface area (Å²) >= 11 is 6.46. The summed E-state index contributed by atoms with van der Waals surface area (Å²) in [6.45, 7) is 4.87. The maximum Gasteiger partial charge on any atom is 0.306 e. The lowest BCUT2D eigenvalue weighted by molar-refractivity contribution is -0.143. The van der Waals surface area contributed by atoms with Crippen molar-refractivity contribution >= 4 is 17.6 Å². The third-order valence-electron chi connectivity index (χ3n) is 4.63. The van der Waals surface area contributed by atoms with Gasteiger partial charge >= 0.3 is 5.97 Å². The molecule has 0 aromatic carbocycles. The van der Waals surface area contributed by atoms with Crippen molar-refractivity contribution in [2.24, 2.45) is 11.8 Å². The molecule has 2 unspecified atom stereocenters. The normalized spacial score (nSPS) is 23.0. The Bertz CT molecular complexity index is 499. The fourth-order valence-corrected chi connectivity index (χ4v) is 3.76. The molecule has 1 aromatic heterocycles. The molecular formula is C16H25ClN2O2. The highest BCUT2D eigenvalue weighted by Gasteiger charge is 2.31. The highest BCUT2D eigenvalue weighted by atomic mass is 35.5. The summed E-state index contributed by atoms with van der Waals surface area (Å²) in [7, 11) is 0. The third kappa shape index (κ3) is 3.60. The minimum atomic E-state index is -0.656. The van der Waals surface area contributed by atoms with Crippen LogP contribution in [-0.2, 0) is 24.2 Å². The first-order valence-corrected chi connectivity index (χ1v) is 8.43. The van der Waals surface area contributed by atoms with Crippen LogP contribution in [0.15, 0.2) is 0 Å².